The summed E-state index contributed by atoms with van der Waals surface area (Å²) in [7, 11) is 0. The molecule has 1 aliphatic heterocycles. The molecule has 1 heterocycles. The number of amides is 1. The van der Waals surface area contributed by atoms with Crippen molar-refractivity contribution in [2.45, 2.75) is 110 Å². The molecule has 3 rings (SSSR count). The van der Waals surface area contributed by atoms with Crippen LogP contribution in [0.2, 0.25) is 0 Å². The van der Waals surface area contributed by atoms with Gasteiger partial charge >= 0.3 is 0 Å². The van der Waals surface area contributed by atoms with Gasteiger partial charge in [0.25, 0.3) is 0 Å². The zero-order valence-electron chi connectivity index (χ0n) is 20.6. The fourth-order valence-corrected chi connectivity index (χ4v) is 6.14. The lowest BCUT2D eigenvalue weighted by atomic mass is 9.88. The number of carbonyl (C=O) groups is 1. The predicted octanol–water partition coefficient (Wildman–Crippen LogP) is 5.64. The summed E-state index contributed by atoms with van der Waals surface area (Å²) in [5, 5.41) is 21.0. The molecule has 1 saturated heterocycles. The lowest BCUT2D eigenvalue weighted by Crippen LogP contribution is -2.35. The highest BCUT2D eigenvalue weighted by molar-refractivity contribution is 5.76. The molecular weight excluding hydrogens is 398 g/mol. The van der Waals surface area contributed by atoms with Crippen LogP contribution in [0.15, 0.2) is 23.8 Å². The number of carbonyl (C=O) groups excluding carboxylic acids is 1. The van der Waals surface area contributed by atoms with Gasteiger partial charge in [-0.25, -0.2) is 0 Å². The number of allylic oxidation sites excluding steroid dienone is 2. The molecule has 0 bridgehead atoms. The minimum atomic E-state index is -0.403. The molecule has 1 amide bonds. The van der Waals surface area contributed by atoms with Crippen LogP contribution >= 0.6 is 0 Å². The first-order chi connectivity index (χ1) is 15.5. The number of hydrogen-bond acceptors (Lipinski definition) is 3. The number of hydrogen-bond donors (Lipinski definition) is 2. The third kappa shape index (κ3) is 7.45. The number of likely N-dealkylation sites (tertiary alicyclic amines) is 1. The van der Waals surface area contributed by atoms with Crippen LogP contribution in [-0.2, 0) is 4.79 Å². The van der Waals surface area contributed by atoms with Crippen molar-refractivity contribution < 1.29 is 15.0 Å². The lowest BCUT2D eigenvalue weighted by Gasteiger charge is -2.26. The Labute approximate surface area is 196 Å². The molecule has 4 nitrogen and oxygen atoms in total. The van der Waals surface area contributed by atoms with E-state index in [2.05, 4.69) is 30.9 Å². The van der Waals surface area contributed by atoms with Crippen molar-refractivity contribution in [3.63, 3.8) is 0 Å². The molecule has 0 aromatic heterocycles. The summed E-state index contributed by atoms with van der Waals surface area (Å²) in [5.74, 6) is 2.01. The van der Waals surface area contributed by atoms with E-state index < -0.39 is 6.10 Å². The van der Waals surface area contributed by atoms with Gasteiger partial charge in [-0.05, 0) is 75.5 Å². The van der Waals surface area contributed by atoms with Crippen molar-refractivity contribution in [3.05, 3.63) is 23.8 Å². The van der Waals surface area contributed by atoms with Gasteiger partial charge in [-0.1, -0.05) is 56.9 Å². The molecule has 2 aliphatic carbocycles. The van der Waals surface area contributed by atoms with E-state index in [-0.39, 0.29) is 12.0 Å². The van der Waals surface area contributed by atoms with Gasteiger partial charge in [-0.15, -0.1) is 0 Å². The second-order valence-corrected chi connectivity index (χ2v) is 10.8. The van der Waals surface area contributed by atoms with E-state index in [1.54, 1.807) is 0 Å². The summed E-state index contributed by atoms with van der Waals surface area (Å²) in [6, 6.07) is 0. The largest absolute Gasteiger partial charge is 0.392 e. The Balaban J connectivity index is 1.38. The number of nitrogens with zero attached hydrogens (tertiary/aromatic N) is 1. The number of aliphatic hydroxyl groups excluding tert-OH is 2. The fraction of sp³-hybridized carbons (Fsp3) is 0.821. The molecule has 2 fully saturated rings. The summed E-state index contributed by atoms with van der Waals surface area (Å²) in [5.41, 5.74) is 1.52. The molecule has 182 valence electrons. The first kappa shape index (κ1) is 25.5. The van der Waals surface area contributed by atoms with Gasteiger partial charge in [-0.2, -0.15) is 0 Å². The predicted molar refractivity (Wildman–Crippen MR) is 131 cm³/mol. The molecule has 1 saturated carbocycles. The second kappa shape index (κ2) is 12.9. The average Bonchev–Trinajstić information content (AvgIpc) is 3.30. The van der Waals surface area contributed by atoms with E-state index >= 15 is 0 Å². The van der Waals surface area contributed by atoms with Crippen molar-refractivity contribution in [2.75, 3.05) is 13.1 Å². The minimum Gasteiger partial charge on any atom is -0.392 e. The van der Waals surface area contributed by atoms with E-state index in [1.165, 1.54) is 31.3 Å². The highest BCUT2D eigenvalue weighted by atomic mass is 16.3. The zero-order chi connectivity index (χ0) is 22.9. The average molecular weight is 446 g/mol. The van der Waals surface area contributed by atoms with Crippen molar-refractivity contribution in [3.8, 4) is 0 Å². The molecule has 0 radical (unpaired) electrons. The van der Waals surface area contributed by atoms with Gasteiger partial charge < -0.3 is 15.1 Å². The number of piperidine rings is 1. The number of rotatable bonds is 12. The summed E-state index contributed by atoms with van der Waals surface area (Å²) >= 11 is 0. The first-order valence-corrected chi connectivity index (χ1v) is 13.5. The van der Waals surface area contributed by atoms with Crippen LogP contribution in [0.4, 0.5) is 0 Å². The normalized spacial score (nSPS) is 29.9. The van der Waals surface area contributed by atoms with Gasteiger partial charge in [-0.3, -0.25) is 4.79 Å². The van der Waals surface area contributed by atoms with Crippen molar-refractivity contribution in [1.82, 2.24) is 4.90 Å². The Morgan fingerprint density at radius 3 is 2.75 bits per heavy atom. The van der Waals surface area contributed by atoms with Crippen molar-refractivity contribution in [2.24, 2.45) is 23.7 Å². The quantitative estimate of drug-likeness (QED) is 0.302. The van der Waals surface area contributed by atoms with E-state index in [4.69, 9.17) is 0 Å². The molecular formula is C28H47NO3. The number of aliphatic hydroxyl groups is 2. The summed E-state index contributed by atoms with van der Waals surface area (Å²) in [6.07, 6.45) is 19.6. The Hall–Kier alpha value is -1.13. The van der Waals surface area contributed by atoms with E-state index in [0.717, 1.165) is 64.5 Å². The van der Waals surface area contributed by atoms with Crippen molar-refractivity contribution in [1.29, 1.82) is 0 Å². The van der Waals surface area contributed by atoms with Crippen molar-refractivity contribution >= 4 is 5.91 Å². The Morgan fingerprint density at radius 2 is 2.00 bits per heavy atom. The molecule has 2 N–H and O–H groups in total. The first-order valence-electron chi connectivity index (χ1n) is 13.5. The van der Waals surface area contributed by atoms with Crippen LogP contribution in [0, 0.1) is 23.7 Å². The molecule has 6 unspecified atom stereocenters. The summed E-state index contributed by atoms with van der Waals surface area (Å²) < 4.78 is 0. The topological polar surface area (TPSA) is 60.8 Å². The molecule has 6 atom stereocenters. The summed E-state index contributed by atoms with van der Waals surface area (Å²) in [6.45, 7) is 6.34. The molecule has 4 heteroatoms. The van der Waals surface area contributed by atoms with E-state index in [1.807, 2.05) is 6.08 Å². The molecule has 0 aromatic carbocycles. The van der Waals surface area contributed by atoms with Crippen LogP contribution in [0.25, 0.3) is 0 Å². The second-order valence-electron chi connectivity index (χ2n) is 10.8. The van der Waals surface area contributed by atoms with Crippen LogP contribution in [0.3, 0.4) is 0 Å². The molecule has 0 spiro atoms. The van der Waals surface area contributed by atoms with Gasteiger partial charge in [0.2, 0.25) is 5.91 Å². The summed E-state index contributed by atoms with van der Waals surface area (Å²) in [4.78, 5) is 14.4. The Bertz CT molecular complexity index is 637. The molecule has 0 aromatic rings. The smallest absolute Gasteiger partial charge is 0.222 e. The maximum atomic E-state index is 12.3. The van der Waals surface area contributed by atoms with Crippen LogP contribution in [0.5, 0.6) is 0 Å². The standard InChI is InChI=1S/C28H47NO3/c1-3-4-10-21(2)17-24(30)13-14-25-26-19-22(18-23(26)20-27(25)31)11-6-7-12-28(32)29-15-8-5-9-16-29/h13-14,18,21,23-27,30-31H,3-12,15-17,19-20H2,1-2H3/b14-13+. The Kier molecular flexibility index (Phi) is 10.3. The zero-order valence-corrected chi connectivity index (χ0v) is 20.6. The van der Waals surface area contributed by atoms with Gasteiger partial charge in [0, 0.05) is 25.4 Å². The highest BCUT2D eigenvalue weighted by Gasteiger charge is 2.43. The van der Waals surface area contributed by atoms with Gasteiger partial charge in [0.1, 0.15) is 0 Å². The third-order valence-electron chi connectivity index (χ3n) is 8.05. The molecule has 32 heavy (non-hydrogen) atoms. The van der Waals surface area contributed by atoms with E-state index in [9.17, 15) is 15.0 Å². The monoisotopic (exact) mass is 445 g/mol. The van der Waals surface area contributed by atoms with Gasteiger partial charge in [0.15, 0.2) is 0 Å². The molecule has 3 aliphatic rings. The SMILES string of the molecule is CCCCC(C)CC(O)/C=C/C1C(O)CC2C=C(CCCCC(=O)N3CCCCC3)CC21. The van der Waals surface area contributed by atoms with Crippen LogP contribution in [0.1, 0.15) is 97.3 Å². The maximum absolute atomic E-state index is 12.3. The fourth-order valence-electron chi connectivity index (χ4n) is 6.14. The third-order valence-corrected chi connectivity index (χ3v) is 8.05. The lowest BCUT2D eigenvalue weighted by molar-refractivity contribution is -0.132. The Morgan fingerprint density at radius 1 is 1.22 bits per heavy atom. The van der Waals surface area contributed by atoms with E-state index in [0.29, 0.717) is 30.1 Å². The van der Waals surface area contributed by atoms with Crippen LogP contribution < -0.4 is 0 Å². The highest BCUT2D eigenvalue weighted by Crippen LogP contribution is 2.48. The number of fused-ring (bicyclic) bond motifs is 1. The minimum absolute atomic E-state index is 0.162. The number of unbranched alkanes of at least 4 members (excludes halogenated alkanes) is 2. The maximum Gasteiger partial charge on any atom is 0.222 e. The van der Waals surface area contributed by atoms with Crippen LogP contribution in [-0.4, -0.2) is 46.3 Å². The van der Waals surface area contributed by atoms with Gasteiger partial charge in [0.05, 0.1) is 12.2 Å².